The summed E-state index contributed by atoms with van der Waals surface area (Å²) in [5, 5.41) is 12.2. The predicted octanol–water partition coefficient (Wildman–Crippen LogP) is 2.49. The van der Waals surface area contributed by atoms with Crippen molar-refractivity contribution in [3.05, 3.63) is 0 Å². The first-order valence-corrected chi connectivity index (χ1v) is 7.99. The summed E-state index contributed by atoms with van der Waals surface area (Å²) in [4.78, 5) is 12.0. The van der Waals surface area contributed by atoms with Crippen LogP contribution in [0.3, 0.4) is 0 Å². The van der Waals surface area contributed by atoms with Gasteiger partial charge in [-0.1, -0.05) is 26.7 Å². The van der Waals surface area contributed by atoms with Crippen LogP contribution in [0.4, 0.5) is 0 Å². The summed E-state index contributed by atoms with van der Waals surface area (Å²) in [6.07, 6.45) is 4.84. The van der Waals surface area contributed by atoms with Gasteiger partial charge >= 0.3 is 0 Å². The number of hydrogen-bond acceptors (Lipinski definition) is 3. The van der Waals surface area contributed by atoms with Gasteiger partial charge in [-0.15, -0.1) is 0 Å². The first-order valence-electron chi connectivity index (χ1n) is 7.99. The van der Waals surface area contributed by atoms with Gasteiger partial charge in [0.25, 0.3) is 0 Å². The first-order chi connectivity index (χ1) is 9.38. The molecule has 0 aliphatic heterocycles. The summed E-state index contributed by atoms with van der Waals surface area (Å²) in [5.41, 5.74) is 0. The lowest BCUT2D eigenvalue weighted by Crippen LogP contribution is -2.39. The standard InChI is InChI=1S/C16H31NO3/c1-11-6-5-7-15(9-11)20-14(4)16(19)17-10-12(2)8-13(3)18/h11-15,18H,5-10H2,1-4H3,(H,17,19). The summed E-state index contributed by atoms with van der Waals surface area (Å²) in [7, 11) is 0. The van der Waals surface area contributed by atoms with Crippen LogP contribution in [0.1, 0.15) is 59.8 Å². The second-order valence-electron chi connectivity index (χ2n) is 6.61. The summed E-state index contributed by atoms with van der Waals surface area (Å²) in [5.74, 6) is 0.941. The van der Waals surface area contributed by atoms with Crippen molar-refractivity contribution in [3.8, 4) is 0 Å². The molecule has 1 aliphatic carbocycles. The molecule has 5 unspecified atom stereocenters. The van der Waals surface area contributed by atoms with Gasteiger partial charge in [0.1, 0.15) is 6.10 Å². The molecule has 20 heavy (non-hydrogen) atoms. The van der Waals surface area contributed by atoms with Crippen molar-refractivity contribution in [2.75, 3.05) is 6.54 Å². The van der Waals surface area contributed by atoms with Crippen molar-refractivity contribution in [1.82, 2.24) is 5.32 Å². The second-order valence-corrected chi connectivity index (χ2v) is 6.61. The predicted molar refractivity (Wildman–Crippen MR) is 80.4 cm³/mol. The Morgan fingerprint density at radius 3 is 2.65 bits per heavy atom. The lowest BCUT2D eigenvalue weighted by Gasteiger charge is -2.29. The van der Waals surface area contributed by atoms with Crippen molar-refractivity contribution in [3.63, 3.8) is 0 Å². The lowest BCUT2D eigenvalue weighted by atomic mass is 9.88. The summed E-state index contributed by atoms with van der Waals surface area (Å²) in [6, 6.07) is 0. The van der Waals surface area contributed by atoms with E-state index in [4.69, 9.17) is 4.74 Å². The number of amides is 1. The number of carbonyl (C=O) groups is 1. The zero-order valence-corrected chi connectivity index (χ0v) is 13.4. The molecule has 4 nitrogen and oxygen atoms in total. The van der Waals surface area contributed by atoms with Crippen LogP contribution in [-0.4, -0.2) is 35.9 Å². The summed E-state index contributed by atoms with van der Waals surface area (Å²) >= 11 is 0. The second kappa shape index (κ2) is 8.63. The molecule has 118 valence electrons. The summed E-state index contributed by atoms with van der Waals surface area (Å²) < 4.78 is 5.88. The van der Waals surface area contributed by atoms with E-state index in [1.807, 2.05) is 13.8 Å². The van der Waals surface area contributed by atoms with E-state index in [0.29, 0.717) is 18.9 Å². The topological polar surface area (TPSA) is 58.6 Å². The molecule has 0 aromatic rings. The van der Waals surface area contributed by atoms with Crippen LogP contribution in [0.2, 0.25) is 0 Å². The molecule has 4 heteroatoms. The van der Waals surface area contributed by atoms with E-state index >= 15 is 0 Å². The van der Waals surface area contributed by atoms with Crippen LogP contribution in [0, 0.1) is 11.8 Å². The molecule has 0 radical (unpaired) electrons. The van der Waals surface area contributed by atoms with Crippen LogP contribution in [0.5, 0.6) is 0 Å². The number of rotatable bonds is 7. The molecule has 0 saturated heterocycles. The van der Waals surface area contributed by atoms with Crippen molar-refractivity contribution in [1.29, 1.82) is 0 Å². The first kappa shape index (κ1) is 17.4. The SMILES string of the molecule is CC(O)CC(C)CNC(=O)C(C)OC1CCCC(C)C1. The molecule has 1 aliphatic rings. The Hall–Kier alpha value is -0.610. The van der Waals surface area contributed by atoms with Gasteiger partial charge in [-0.3, -0.25) is 4.79 Å². The minimum absolute atomic E-state index is 0.0410. The smallest absolute Gasteiger partial charge is 0.248 e. The maximum Gasteiger partial charge on any atom is 0.248 e. The van der Waals surface area contributed by atoms with Crippen LogP contribution < -0.4 is 5.32 Å². The Morgan fingerprint density at radius 1 is 1.35 bits per heavy atom. The molecule has 1 rings (SSSR count). The lowest BCUT2D eigenvalue weighted by molar-refractivity contribution is -0.137. The van der Waals surface area contributed by atoms with Gasteiger partial charge in [-0.2, -0.15) is 0 Å². The quantitative estimate of drug-likeness (QED) is 0.755. The fourth-order valence-corrected chi connectivity index (χ4v) is 2.94. The van der Waals surface area contributed by atoms with E-state index in [-0.39, 0.29) is 30.1 Å². The van der Waals surface area contributed by atoms with Crippen molar-refractivity contribution < 1.29 is 14.6 Å². The Bertz CT molecular complexity index is 293. The fraction of sp³-hybridized carbons (Fsp3) is 0.938. The van der Waals surface area contributed by atoms with E-state index in [2.05, 4.69) is 12.2 Å². The highest BCUT2D eigenvalue weighted by molar-refractivity contribution is 5.80. The Labute approximate surface area is 123 Å². The number of nitrogens with one attached hydrogen (secondary N) is 1. The number of aliphatic hydroxyl groups excluding tert-OH is 1. The molecule has 1 fully saturated rings. The third-order valence-electron chi connectivity index (χ3n) is 4.02. The molecule has 0 aromatic carbocycles. The van der Waals surface area contributed by atoms with Crippen molar-refractivity contribution in [2.45, 2.75) is 78.1 Å². The molecule has 1 saturated carbocycles. The van der Waals surface area contributed by atoms with E-state index in [1.54, 1.807) is 6.92 Å². The third-order valence-corrected chi connectivity index (χ3v) is 4.02. The maximum atomic E-state index is 12.0. The maximum absolute atomic E-state index is 12.0. The van der Waals surface area contributed by atoms with Crippen LogP contribution in [0.25, 0.3) is 0 Å². The van der Waals surface area contributed by atoms with Crippen LogP contribution in [-0.2, 0) is 9.53 Å². The number of aliphatic hydroxyl groups is 1. The van der Waals surface area contributed by atoms with E-state index in [1.165, 1.54) is 12.8 Å². The molecule has 1 amide bonds. The minimum Gasteiger partial charge on any atom is -0.393 e. The zero-order chi connectivity index (χ0) is 15.1. The van der Waals surface area contributed by atoms with Crippen molar-refractivity contribution in [2.24, 2.45) is 11.8 Å². The molecular weight excluding hydrogens is 254 g/mol. The van der Waals surface area contributed by atoms with E-state index < -0.39 is 0 Å². The van der Waals surface area contributed by atoms with Gasteiger partial charge in [0.05, 0.1) is 12.2 Å². The largest absolute Gasteiger partial charge is 0.393 e. The fourth-order valence-electron chi connectivity index (χ4n) is 2.94. The molecule has 0 bridgehead atoms. The number of carbonyl (C=O) groups excluding carboxylic acids is 1. The zero-order valence-electron chi connectivity index (χ0n) is 13.4. The highest BCUT2D eigenvalue weighted by Gasteiger charge is 2.24. The normalized spacial score (nSPS) is 27.6. The molecule has 0 heterocycles. The highest BCUT2D eigenvalue weighted by atomic mass is 16.5. The monoisotopic (exact) mass is 285 g/mol. The Morgan fingerprint density at radius 2 is 2.05 bits per heavy atom. The van der Waals surface area contributed by atoms with E-state index in [9.17, 15) is 9.90 Å². The highest BCUT2D eigenvalue weighted by Crippen LogP contribution is 2.26. The van der Waals surface area contributed by atoms with Gasteiger partial charge in [0.15, 0.2) is 0 Å². The van der Waals surface area contributed by atoms with Gasteiger partial charge < -0.3 is 15.2 Å². The van der Waals surface area contributed by atoms with Crippen LogP contribution >= 0.6 is 0 Å². The summed E-state index contributed by atoms with van der Waals surface area (Å²) in [6.45, 7) is 8.47. The molecule has 0 aromatic heterocycles. The average molecular weight is 285 g/mol. The van der Waals surface area contributed by atoms with Gasteiger partial charge in [0.2, 0.25) is 5.91 Å². The van der Waals surface area contributed by atoms with Crippen molar-refractivity contribution >= 4 is 5.91 Å². The number of hydrogen-bond donors (Lipinski definition) is 2. The van der Waals surface area contributed by atoms with Gasteiger partial charge in [0, 0.05) is 6.54 Å². The van der Waals surface area contributed by atoms with Gasteiger partial charge in [-0.05, 0) is 44.9 Å². The van der Waals surface area contributed by atoms with E-state index in [0.717, 1.165) is 12.8 Å². The Kier molecular flexibility index (Phi) is 7.52. The molecule has 2 N–H and O–H groups in total. The minimum atomic E-state index is -0.385. The number of ether oxygens (including phenoxy) is 1. The Balaban J connectivity index is 2.24. The average Bonchev–Trinajstić information content (AvgIpc) is 2.35. The third kappa shape index (κ3) is 6.71. The van der Waals surface area contributed by atoms with Crippen LogP contribution in [0.15, 0.2) is 0 Å². The molecular formula is C16H31NO3. The molecule has 0 spiro atoms. The molecule has 5 atom stereocenters. The van der Waals surface area contributed by atoms with Gasteiger partial charge in [-0.25, -0.2) is 0 Å².